The minimum Gasteiger partial charge on any atom is -0.423 e. The predicted molar refractivity (Wildman–Crippen MR) is 87.9 cm³/mol. The molecule has 0 aliphatic heterocycles. The van der Waals surface area contributed by atoms with Gasteiger partial charge >= 0.3 is 5.97 Å². The predicted octanol–water partition coefficient (Wildman–Crippen LogP) is 3.75. The van der Waals surface area contributed by atoms with Gasteiger partial charge in [0.1, 0.15) is 5.52 Å². The average Bonchev–Trinajstić information content (AvgIpc) is 2.93. The Morgan fingerprint density at radius 2 is 2.21 bits per heavy atom. The van der Waals surface area contributed by atoms with E-state index < -0.39 is 11.8 Å². The Balaban J connectivity index is 1.98. The zero-order chi connectivity index (χ0) is 17.3. The zero-order valence-electron chi connectivity index (χ0n) is 12.6. The molecular weight excluding hydrogens is 337 g/mol. The summed E-state index contributed by atoms with van der Waals surface area (Å²) >= 11 is 5.97. The van der Waals surface area contributed by atoms with E-state index >= 15 is 0 Å². The second-order valence-corrected chi connectivity index (χ2v) is 5.41. The molecule has 124 valence electrons. The first-order valence-corrected chi connectivity index (χ1v) is 7.38. The van der Waals surface area contributed by atoms with E-state index in [9.17, 15) is 9.18 Å². The van der Waals surface area contributed by atoms with E-state index in [-0.39, 0.29) is 29.4 Å². The van der Waals surface area contributed by atoms with Crippen molar-refractivity contribution in [2.24, 2.45) is 5.73 Å². The van der Waals surface area contributed by atoms with Gasteiger partial charge in [0.05, 0.1) is 0 Å². The molecule has 1 aromatic heterocycles. The number of rotatable bonds is 4. The van der Waals surface area contributed by atoms with Gasteiger partial charge in [0.15, 0.2) is 11.3 Å². The van der Waals surface area contributed by atoms with Gasteiger partial charge in [-0.05, 0) is 29.8 Å². The van der Waals surface area contributed by atoms with Crippen LogP contribution in [0.5, 0.6) is 5.75 Å². The van der Waals surface area contributed by atoms with Crippen molar-refractivity contribution in [2.75, 3.05) is 5.32 Å². The molecule has 0 aliphatic rings. The molecule has 24 heavy (non-hydrogen) atoms. The van der Waals surface area contributed by atoms with Gasteiger partial charge in [-0.3, -0.25) is 4.79 Å². The van der Waals surface area contributed by atoms with Gasteiger partial charge in [0.25, 0.3) is 6.01 Å². The summed E-state index contributed by atoms with van der Waals surface area (Å²) < 4.78 is 24.5. The lowest BCUT2D eigenvalue weighted by Gasteiger charge is -2.08. The SMILES string of the molecule is CC(=O)Oc1ccc2nc(Nc3cc(Cl)ccc3CN)oc2c1F. The summed E-state index contributed by atoms with van der Waals surface area (Å²) in [6.07, 6.45) is 0. The van der Waals surface area contributed by atoms with Crippen LogP contribution < -0.4 is 15.8 Å². The highest BCUT2D eigenvalue weighted by Crippen LogP contribution is 2.31. The summed E-state index contributed by atoms with van der Waals surface area (Å²) in [6, 6.07) is 8.03. The lowest BCUT2D eigenvalue weighted by atomic mass is 10.2. The van der Waals surface area contributed by atoms with Crippen molar-refractivity contribution in [2.45, 2.75) is 13.5 Å². The zero-order valence-corrected chi connectivity index (χ0v) is 13.4. The molecule has 0 saturated heterocycles. The lowest BCUT2D eigenvalue weighted by molar-refractivity contribution is -0.132. The van der Waals surface area contributed by atoms with Crippen LogP contribution in [0.3, 0.4) is 0 Å². The maximum absolute atomic E-state index is 14.3. The number of hydrogen-bond donors (Lipinski definition) is 2. The van der Waals surface area contributed by atoms with E-state index in [0.29, 0.717) is 10.7 Å². The molecule has 2 aromatic carbocycles. The van der Waals surface area contributed by atoms with Gasteiger partial charge in [-0.25, -0.2) is 0 Å². The van der Waals surface area contributed by atoms with Crippen LogP contribution in [0.2, 0.25) is 5.02 Å². The van der Waals surface area contributed by atoms with Crippen LogP contribution in [0.15, 0.2) is 34.7 Å². The maximum atomic E-state index is 14.3. The Morgan fingerprint density at radius 1 is 1.42 bits per heavy atom. The minimum atomic E-state index is -0.798. The van der Waals surface area contributed by atoms with Crippen LogP contribution in [0, 0.1) is 5.82 Å². The van der Waals surface area contributed by atoms with E-state index in [0.717, 1.165) is 5.56 Å². The summed E-state index contributed by atoms with van der Waals surface area (Å²) in [5.74, 6) is -1.64. The van der Waals surface area contributed by atoms with Crippen molar-refractivity contribution in [3.63, 3.8) is 0 Å². The fourth-order valence-corrected chi connectivity index (χ4v) is 2.36. The number of nitrogens with two attached hydrogens (primary N) is 1. The van der Waals surface area contributed by atoms with Crippen molar-refractivity contribution in [1.82, 2.24) is 4.98 Å². The molecule has 0 unspecified atom stereocenters. The number of benzene rings is 2. The first-order chi connectivity index (χ1) is 11.5. The first-order valence-electron chi connectivity index (χ1n) is 7.01. The van der Waals surface area contributed by atoms with Crippen molar-refractivity contribution < 1.29 is 18.3 Å². The number of nitrogens with one attached hydrogen (secondary N) is 1. The van der Waals surface area contributed by atoms with E-state index in [1.165, 1.54) is 19.1 Å². The largest absolute Gasteiger partial charge is 0.423 e. The molecule has 3 aromatic rings. The molecule has 0 spiro atoms. The number of halogens is 2. The quantitative estimate of drug-likeness (QED) is 0.550. The van der Waals surface area contributed by atoms with Gasteiger partial charge < -0.3 is 20.2 Å². The summed E-state index contributed by atoms with van der Waals surface area (Å²) in [6.45, 7) is 1.47. The third-order valence-corrected chi connectivity index (χ3v) is 3.48. The number of hydrogen-bond acceptors (Lipinski definition) is 6. The van der Waals surface area contributed by atoms with Crippen LogP contribution in [0.1, 0.15) is 12.5 Å². The molecular formula is C16H13ClFN3O3. The highest BCUT2D eigenvalue weighted by molar-refractivity contribution is 6.30. The normalized spacial score (nSPS) is 10.8. The Bertz CT molecular complexity index is 926. The summed E-state index contributed by atoms with van der Waals surface area (Å²) in [7, 11) is 0. The third-order valence-electron chi connectivity index (χ3n) is 3.25. The molecule has 8 heteroatoms. The van der Waals surface area contributed by atoms with E-state index in [2.05, 4.69) is 10.3 Å². The van der Waals surface area contributed by atoms with Crippen molar-refractivity contribution in [1.29, 1.82) is 0 Å². The van der Waals surface area contributed by atoms with Crippen LogP contribution in [-0.4, -0.2) is 11.0 Å². The second-order valence-electron chi connectivity index (χ2n) is 4.97. The second kappa shape index (κ2) is 6.46. The summed E-state index contributed by atoms with van der Waals surface area (Å²) in [5.41, 5.74) is 7.24. The number of aromatic nitrogens is 1. The minimum absolute atomic E-state index is 0.0702. The van der Waals surface area contributed by atoms with Crippen LogP contribution in [-0.2, 0) is 11.3 Å². The van der Waals surface area contributed by atoms with E-state index in [1.807, 2.05) is 0 Å². The molecule has 3 rings (SSSR count). The molecule has 0 aliphatic carbocycles. The van der Waals surface area contributed by atoms with Crippen molar-refractivity contribution >= 4 is 40.4 Å². The number of oxazole rings is 1. The number of anilines is 2. The van der Waals surface area contributed by atoms with Crippen LogP contribution in [0.4, 0.5) is 16.1 Å². The molecule has 6 nitrogen and oxygen atoms in total. The van der Waals surface area contributed by atoms with Crippen molar-refractivity contribution in [3.8, 4) is 5.75 Å². The summed E-state index contributed by atoms with van der Waals surface area (Å²) in [5, 5.41) is 3.43. The highest BCUT2D eigenvalue weighted by atomic mass is 35.5. The van der Waals surface area contributed by atoms with Gasteiger partial charge in [0, 0.05) is 24.2 Å². The van der Waals surface area contributed by atoms with Gasteiger partial charge in [-0.15, -0.1) is 0 Å². The van der Waals surface area contributed by atoms with Gasteiger partial charge in [-0.2, -0.15) is 9.37 Å². The Morgan fingerprint density at radius 3 is 2.92 bits per heavy atom. The number of nitrogens with zero attached hydrogens (tertiary/aromatic N) is 1. The maximum Gasteiger partial charge on any atom is 0.308 e. The van der Waals surface area contributed by atoms with Gasteiger partial charge in [-0.1, -0.05) is 17.7 Å². The number of carbonyl (C=O) groups is 1. The monoisotopic (exact) mass is 349 g/mol. The Kier molecular flexibility index (Phi) is 4.37. The summed E-state index contributed by atoms with van der Waals surface area (Å²) in [4.78, 5) is 15.1. The number of esters is 1. The third kappa shape index (κ3) is 3.17. The standard InChI is InChI=1S/C16H13ClFN3O3/c1-8(22)23-13-5-4-11-15(14(13)18)24-16(20-11)21-12-6-10(17)3-2-9(12)7-19/h2-6H,7,19H2,1H3,(H,20,21). The number of carbonyl (C=O) groups excluding carboxylic acids is 1. The van der Waals surface area contributed by atoms with Crippen molar-refractivity contribution in [3.05, 3.63) is 46.7 Å². The smallest absolute Gasteiger partial charge is 0.308 e. The fourth-order valence-electron chi connectivity index (χ4n) is 2.19. The van der Waals surface area contributed by atoms with E-state index in [4.69, 9.17) is 26.5 Å². The Labute approximate surface area is 141 Å². The molecule has 0 bridgehead atoms. The molecule has 0 saturated carbocycles. The molecule has 0 radical (unpaired) electrons. The fraction of sp³-hybridized carbons (Fsp3) is 0.125. The van der Waals surface area contributed by atoms with Gasteiger partial charge in [0.2, 0.25) is 5.82 Å². The number of fused-ring (bicyclic) bond motifs is 1. The van der Waals surface area contributed by atoms with Crippen LogP contribution >= 0.6 is 11.6 Å². The molecule has 1 heterocycles. The lowest BCUT2D eigenvalue weighted by Crippen LogP contribution is -2.03. The van der Waals surface area contributed by atoms with Crippen LogP contribution in [0.25, 0.3) is 11.1 Å². The first kappa shape index (κ1) is 16.2. The molecule has 0 fully saturated rings. The average molecular weight is 350 g/mol. The molecule has 0 amide bonds. The topological polar surface area (TPSA) is 90.4 Å². The Hall–Kier alpha value is -2.64. The highest BCUT2D eigenvalue weighted by Gasteiger charge is 2.17. The number of ether oxygens (including phenoxy) is 1. The molecule has 0 atom stereocenters. The molecule has 3 N–H and O–H groups in total. The van der Waals surface area contributed by atoms with E-state index in [1.54, 1.807) is 18.2 Å².